The van der Waals surface area contributed by atoms with Gasteiger partial charge in [-0.2, -0.15) is 5.10 Å². The van der Waals surface area contributed by atoms with Crippen LogP contribution in [0, 0.1) is 6.92 Å². The number of fused-ring (bicyclic) bond motifs is 1. The molecule has 0 aromatic carbocycles. The number of rotatable bonds is 2. The summed E-state index contributed by atoms with van der Waals surface area (Å²) in [4.78, 5) is 16.0. The molecule has 0 saturated heterocycles. The van der Waals surface area contributed by atoms with Gasteiger partial charge in [-0.1, -0.05) is 5.16 Å². The fourth-order valence-corrected chi connectivity index (χ4v) is 2.33. The molecular weight excluding hydrogens is 270 g/mol. The molecule has 0 saturated carbocycles. The molecule has 7 heteroatoms. The highest BCUT2D eigenvalue weighted by molar-refractivity contribution is 5.91. The smallest absolute Gasteiger partial charge is 0.292 e. The van der Waals surface area contributed by atoms with Gasteiger partial charge >= 0.3 is 0 Å². The Balaban J connectivity index is 1.83. The Hall–Kier alpha value is -2.44. The van der Waals surface area contributed by atoms with Gasteiger partial charge in [0, 0.05) is 39.7 Å². The van der Waals surface area contributed by atoms with E-state index in [-0.39, 0.29) is 11.7 Å². The second-order valence-electron chi connectivity index (χ2n) is 5.38. The third kappa shape index (κ3) is 2.58. The van der Waals surface area contributed by atoms with E-state index in [9.17, 15) is 4.79 Å². The van der Waals surface area contributed by atoms with Crippen molar-refractivity contribution in [3.63, 3.8) is 0 Å². The maximum Gasteiger partial charge on any atom is 0.292 e. The lowest BCUT2D eigenvalue weighted by Crippen LogP contribution is -2.36. The van der Waals surface area contributed by atoms with E-state index >= 15 is 0 Å². The molecule has 0 spiro atoms. The van der Waals surface area contributed by atoms with Crippen LogP contribution in [0.5, 0.6) is 0 Å². The number of carbonyl (C=O) groups excluding carboxylic acids is 1. The molecule has 21 heavy (non-hydrogen) atoms. The van der Waals surface area contributed by atoms with E-state index in [1.165, 1.54) is 0 Å². The summed E-state index contributed by atoms with van der Waals surface area (Å²) >= 11 is 0. The minimum atomic E-state index is -0.135. The fraction of sp³-hybridized carbons (Fsp3) is 0.429. The molecule has 3 heterocycles. The molecule has 1 aliphatic heterocycles. The molecule has 1 amide bonds. The summed E-state index contributed by atoms with van der Waals surface area (Å²) in [7, 11) is 3.83. The Morgan fingerprint density at radius 2 is 2.14 bits per heavy atom. The van der Waals surface area contributed by atoms with Gasteiger partial charge in [-0.05, 0) is 18.6 Å². The number of carbonyl (C=O) groups is 1. The highest BCUT2D eigenvalue weighted by Crippen LogP contribution is 2.21. The third-order valence-electron chi connectivity index (χ3n) is 3.51. The van der Waals surface area contributed by atoms with Crippen molar-refractivity contribution in [2.45, 2.75) is 19.9 Å². The van der Waals surface area contributed by atoms with Crippen LogP contribution in [0.25, 0.3) is 0 Å². The molecule has 1 aliphatic rings. The van der Waals surface area contributed by atoms with E-state index < -0.39 is 0 Å². The number of aromatic nitrogens is 3. The second-order valence-corrected chi connectivity index (χ2v) is 5.38. The highest BCUT2D eigenvalue weighted by atomic mass is 16.5. The lowest BCUT2D eigenvalue weighted by Gasteiger charge is -2.27. The van der Waals surface area contributed by atoms with Gasteiger partial charge in [0.15, 0.2) is 5.82 Å². The minimum absolute atomic E-state index is 0.135. The molecule has 0 unspecified atom stereocenters. The van der Waals surface area contributed by atoms with E-state index in [1.807, 2.05) is 25.1 Å². The zero-order chi connectivity index (χ0) is 15.0. The Morgan fingerprint density at radius 1 is 1.33 bits per heavy atom. The SMILES string of the molecule is Cc1cc(C(=O)N2CCc3nnc(N(C)C)cc3C2)on1. The molecule has 2 aromatic rings. The first-order valence-corrected chi connectivity index (χ1v) is 6.80. The van der Waals surface area contributed by atoms with Crippen molar-refractivity contribution in [1.82, 2.24) is 20.3 Å². The Labute approximate surface area is 122 Å². The summed E-state index contributed by atoms with van der Waals surface area (Å²) in [5.41, 5.74) is 2.69. The molecule has 3 rings (SSSR count). The first-order valence-electron chi connectivity index (χ1n) is 6.80. The van der Waals surface area contributed by atoms with Crippen molar-refractivity contribution in [1.29, 1.82) is 0 Å². The van der Waals surface area contributed by atoms with Gasteiger partial charge in [-0.3, -0.25) is 4.79 Å². The summed E-state index contributed by atoms with van der Waals surface area (Å²) in [6.07, 6.45) is 0.703. The molecule has 110 valence electrons. The molecule has 0 aliphatic carbocycles. The summed E-state index contributed by atoms with van der Waals surface area (Å²) in [6, 6.07) is 3.64. The van der Waals surface area contributed by atoms with Crippen LogP contribution in [-0.2, 0) is 13.0 Å². The molecule has 0 N–H and O–H groups in total. The average Bonchev–Trinajstić information content (AvgIpc) is 2.91. The monoisotopic (exact) mass is 287 g/mol. The predicted molar refractivity (Wildman–Crippen MR) is 76.0 cm³/mol. The van der Waals surface area contributed by atoms with Gasteiger partial charge in [0.05, 0.1) is 11.4 Å². The van der Waals surface area contributed by atoms with Gasteiger partial charge in [-0.15, -0.1) is 5.10 Å². The van der Waals surface area contributed by atoms with Crippen molar-refractivity contribution in [3.8, 4) is 0 Å². The van der Waals surface area contributed by atoms with Crippen LogP contribution < -0.4 is 4.90 Å². The van der Waals surface area contributed by atoms with Crippen LogP contribution >= 0.6 is 0 Å². The van der Waals surface area contributed by atoms with Crippen molar-refractivity contribution in [2.75, 3.05) is 25.5 Å². The first-order chi connectivity index (χ1) is 10.0. The highest BCUT2D eigenvalue weighted by Gasteiger charge is 2.25. The summed E-state index contributed by atoms with van der Waals surface area (Å²) in [5, 5.41) is 12.2. The van der Waals surface area contributed by atoms with Crippen LogP contribution in [0.3, 0.4) is 0 Å². The van der Waals surface area contributed by atoms with Crippen LogP contribution in [0.2, 0.25) is 0 Å². The van der Waals surface area contributed by atoms with Crippen molar-refractivity contribution in [2.24, 2.45) is 0 Å². The number of hydrogen-bond acceptors (Lipinski definition) is 6. The van der Waals surface area contributed by atoms with Crippen LogP contribution in [-0.4, -0.2) is 46.8 Å². The quantitative estimate of drug-likeness (QED) is 0.821. The van der Waals surface area contributed by atoms with E-state index in [1.54, 1.807) is 17.9 Å². The Bertz CT molecular complexity index is 680. The zero-order valence-electron chi connectivity index (χ0n) is 12.3. The Kier molecular flexibility index (Phi) is 3.32. The average molecular weight is 287 g/mol. The maximum absolute atomic E-state index is 12.4. The fourth-order valence-electron chi connectivity index (χ4n) is 2.33. The summed E-state index contributed by atoms with van der Waals surface area (Å²) < 4.78 is 5.05. The maximum atomic E-state index is 12.4. The van der Waals surface area contributed by atoms with Gasteiger partial charge in [-0.25, -0.2) is 0 Å². The van der Waals surface area contributed by atoms with Crippen molar-refractivity contribution >= 4 is 11.7 Å². The van der Waals surface area contributed by atoms with Crippen molar-refractivity contribution in [3.05, 3.63) is 34.8 Å². The van der Waals surface area contributed by atoms with Gasteiger partial charge in [0.2, 0.25) is 5.76 Å². The number of aryl methyl sites for hydroxylation is 1. The standard InChI is InChI=1S/C14H17N5O2/c1-9-6-12(21-17-9)14(20)19-5-4-11-10(8-19)7-13(16-15-11)18(2)3/h6-7H,4-5,8H2,1-3H3. The molecule has 0 fully saturated rings. The second kappa shape index (κ2) is 5.16. The lowest BCUT2D eigenvalue weighted by molar-refractivity contribution is 0.0691. The Morgan fingerprint density at radius 3 is 2.81 bits per heavy atom. The number of hydrogen-bond donors (Lipinski definition) is 0. The largest absolute Gasteiger partial charge is 0.361 e. The molecule has 0 atom stereocenters. The molecule has 0 bridgehead atoms. The third-order valence-corrected chi connectivity index (χ3v) is 3.51. The van der Waals surface area contributed by atoms with Crippen LogP contribution in [0.4, 0.5) is 5.82 Å². The van der Waals surface area contributed by atoms with E-state index in [4.69, 9.17) is 4.52 Å². The lowest BCUT2D eigenvalue weighted by atomic mass is 10.1. The van der Waals surface area contributed by atoms with Crippen LogP contribution in [0.15, 0.2) is 16.7 Å². The normalized spacial score (nSPS) is 14.0. The zero-order valence-corrected chi connectivity index (χ0v) is 12.3. The molecule has 0 radical (unpaired) electrons. The number of nitrogens with zero attached hydrogens (tertiary/aromatic N) is 5. The molecule has 2 aromatic heterocycles. The van der Waals surface area contributed by atoms with Gasteiger partial charge < -0.3 is 14.3 Å². The first kappa shape index (κ1) is 13.5. The topological polar surface area (TPSA) is 75.4 Å². The predicted octanol–water partition coefficient (Wildman–Crippen LogP) is 1.04. The van der Waals surface area contributed by atoms with E-state index in [2.05, 4.69) is 15.4 Å². The minimum Gasteiger partial charge on any atom is -0.361 e. The van der Waals surface area contributed by atoms with E-state index in [0.29, 0.717) is 25.2 Å². The molecular formula is C14H17N5O2. The molecule has 7 nitrogen and oxygen atoms in total. The number of amides is 1. The van der Waals surface area contributed by atoms with Gasteiger partial charge in [0.25, 0.3) is 5.91 Å². The summed E-state index contributed by atoms with van der Waals surface area (Å²) in [5.74, 6) is 0.939. The van der Waals surface area contributed by atoms with Crippen molar-refractivity contribution < 1.29 is 9.32 Å². The summed E-state index contributed by atoms with van der Waals surface area (Å²) in [6.45, 7) is 2.93. The number of anilines is 1. The van der Waals surface area contributed by atoms with Gasteiger partial charge in [0.1, 0.15) is 0 Å². The van der Waals surface area contributed by atoms with Crippen LogP contribution in [0.1, 0.15) is 27.5 Å². The van der Waals surface area contributed by atoms with E-state index in [0.717, 1.165) is 17.1 Å².